The molecule has 0 saturated heterocycles. The van der Waals surface area contributed by atoms with Crippen molar-refractivity contribution in [3.8, 4) is 0 Å². The Kier molecular flexibility index (Phi) is 2.60. The Balaban J connectivity index is 3.08. The molecule has 0 aliphatic rings. The molecule has 0 aromatic heterocycles. The van der Waals surface area contributed by atoms with Crippen LogP contribution < -0.4 is 5.32 Å². The summed E-state index contributed by atoms with van der Waals surface area (Å²) in [5.41, 5.74) is 0.792. The monoisotopic (exact) mass is 185 g/mol. The highest BCUT2D eigenvalue weighted by atomic mass is 19.2. The van der Waals surface area contributed by atoms with Crippen LogP contribution in [-0.4, -0.2) is 5.91 Å². The molecule has 1 amide bonds. The maximum Gasteiger partial charge on any atom is 0.221 e. The number of hydrogen-bond acceptors (Lipinski definition) is 1. The first kappa shape index (κ1) is 9.64. The van der Waals surface area contributed by atoms with E-state index in [2.05, 4.69) is 5.32 Å². The molecule has 70 valence electrons. The molecular weight excluding hydrogens is 176 g/mol. The molecule has 1 N–H and O–H groups in total. The van der Waals surface area contributed by atoms with Gasteiger partial charge in [0.2, 0.25) is 5.91 Å². The van der Waals surface area contributed by atoms with Gasteiger partial charge in [0.15, 0.2) is 11.6 Å². The maximum atomic E-state index is 12.7. The molecule has 1 rings (SSSR count). The van der Waals surface area contributed by atoms with Gasteiger partial charge in [-0.1, -0.05) is 0 Å². The molecule has 1 aromatic rings. The highest BCUT2D eigenvalue weighted by Crippen LogP contribution is 2.18. The number of carbonyl (C=O) groups is 1. The zero-order valence-corrected chi connectivity index (χ0v) is 7.32. The first-order chi connectivity index (χ1) is 6.00. The average Bonchev–Trinajstić information content (AvgIpc) is 1.99. The van der Waals surface area contributed by atoms with Gasteiger partial charge in [0, 0.05) is 18.7 Å². The Hall–Kier alpha value is -1.45. The number of hydrogen-bond donors (Lipinski definition) is 1. The summed E-state index contributed by atoms with van der Waals surface area (Å²) in [7, 11) is 0. The Morgan fingerprint density at radius 3 is 2.38 bits per heavy atom. The SMILES string of the molecule is CC(=O)Nc1cc(F)c(F)cc1C. The summed E-state index contributed by atoms with van der Waals surface area (Å²) in [4.78, 5) is 10.6. The molecule has 4 heteroatoms. The Bertz CT molecular complexity index is 350. The van der Waals surface area contributed by atoms with E-state index in [-0.39, 0.29) is 5.91 Å². The lowest BCUT2D eigenvalue weighted by molar-refractivity contribution is -0.114. The quantitative estimate of drug-likeness (QED) is 0.714. The van der Waals surface area contributed by atoms with Crippen molar-refractivity contribution in [2.75, 3.05) is 5.32 Å². The van der Waals surface area contributed by atoms with E-state index in [1.54, 1.807) is 6.92 Å². The van der Waals surface area contributed by atoms with Gasteiger partial charge in [-0.25, -0.2) is 8.78 Å². The highest BCUT2D eigenvalue weighted by Gasteiger charge is 2.07. The first-order valence-electron chi connectivity index (χ1n) is 3.74. The third-order valence-electron chi connectivity index (χ3n) is 1.58. The molecule has 0 atom stereocenters. The second-order valence-electron chi connectivity index (χ2n) is 2.76. The molecule has 0 aliphatic carbocycles. The number of nitrogens with one attached hydrogen (secondary N) is 1. The minimum Gasteiger partial charge on any atom is -0.326 e. The maximum absolute atomic E-state index is 12.7. The number of benzene rings is 1. The van der Waals surface area contributed by atoms with Crippen molar-refractivity contribution in [2.45, 2.75) is 13.8 Å². The highest BCUT2D eigenvalue weighted by molar-refractivity contribution is 5.89. The van der Waals surface area contributed by atoms with Crippen molar-refractivity contribution in [1.82, 2.24) is 0 Å². The third-order valence-corrected chi connectivity index (χ3v) is 1.58. The number of anilines is 1. The van der Waals surface area contributed by atoms with Gasteiger partial charge < -0.3 is 5.32 Å². The largest absolute Gasteiger partial charge is 0.326 e. The molecule has 13 heavy (non-hydrogen) atoms. The smallest absolute Gasteiger partial charge is 0.221 e. The van der Waals surface area contributed by atoms with Crippen molar-refractivity contribution in [1.29, 1.82) is 0 Å². The van der Waals surface area contributed by atoms with Crippen molar-refractivity contribution in [3.05, 3.63) is 29.3 Å². The molecule has 1 aromatic carbocycles. The lowest BCUT2D eigenvalue weighted by atomic mass is 10.2. The number of amides is 1. The van der Waals surface area contributed by atoms with Crippen LogP contribution in [-0.2, 0) is 4.79 Å². The van der Waals surface area contributed by atoms with Gasteiger partial charge in [0.05, 0.1) is 0 Å². The summed E-state index contributed by atoms with van der Waals surface area (Å²) in [6, 6.07) is 2.01. The van der Waals surface area contributed by atoms with Crippen LogP contribution in [0.5, 0.6) is 0 Å². The molecule has 0 unspecified atom stereocenters. The van der Waals surface area contributed by atoms with Gasteiger partial charge in [-0.3, -0.25) is 4.79 Å². The van der Waals surface area contributed by atoms with Crippen LogP contribution in [0.3, 0.4) is 0 Å². The predicted octanol–water partition coefficient (Wildman–Crippen LogP) is 2.23. The standard InChI is InChI=1S/C9H9F2NO/c1-5-3-7(10)8(11)4-9(5)12-6(2)13/h3-4H,1-2H3,(H,12,13). The molecule has 0 bridgehead atoms. The van der Waals surface area contributed by atoms with E-state index in [0.717, 1.165) is 12.1 Å². The van der Waals surface area contributed by atoms with Crippen molar-refractivity contribution in [2.24, 2.45) is 0 Å². The lowest BCUT2D eigenvalue weighted by Gasteiger charge is -2.06. The molecular formula is C9H9F2NO. The van der Waals surface area contributed by atoms with E-state index in [1.807, 2.05) is 0 Å². The van der Waals surface area contributed by atoms with Crippen LogP contribution in [0.2, 0.25) is 0 Å². The van der Waals surface area contributed by atoms with Crippen molar-refractivity contribution >= 4 is 11.6 Å². The predicted molar refractivity (Wildman–Crippen MR) is 45.4 cm³/mol. The second-order valence-corrected chi connectivity index (χ2v) is 2.76. The van der Waals surface area contributed by atoms with Crippen LogP contribution in [0.1, 0.15) is 12.5 Å². The van der Waals surface area contributed by atoms with E-state index in [9.17, 15) is 13.6 Å². The topological polar surface area (TPSA) is 29.1 Å². The van der Waals surface area contributed by atoms with Crippen LogP contribution >= 0.6 is 0 Å². The zero-order chi connectivity index (χ0) is 10.0. The minimum atomic E-state index is -0.964. The van der Waals surface area contributed by atoms with E-state index in [4.69, 9.17) is 0 Å². The summed E-state index contributed by atoms with van der Waals surface area (Å²) in [6.07, 6.45) is 0. The molecule has 0 fully saturated rings. The molecule has 0 aliphatic heterocycles. The summed E-state index contributed by atoms with van der Waals surface area (Å²) >= 11 is 0. The number of carbonyl (C=O) groups excluding carboxylic acids is 1. The second kappa shape index (κ2) is 3.51. The molecule has 0 heterocycles. The fourth-order valence-corrected chi connectivity index (χ4v) is 0.971. The normalized spacial score (nSPS) is 9.85. The van der Waals surface area contributed by atoms with Gasteiger partial charge >= 0.3 is 0 Å². The van der Waals surface area contributed by atoms with Crippen LogP contribution in [0, 0.1) is 18.6 Å². The van der Waals surface area contributed by atoms with Crippen LogP contribution in [0.25, 0.3) is 0 Å². The third kappa shape index (κ3) is 2.24. The molecule has 0 radical (unpaired) electrons. The summed E-state index contributed by atoms with van der Waals surface area (Å²) in [5.74, 6) is -2.19. The Labute approximate surface area is 74.6 Å². The van der Waals surface area contributed by atoms with E-state index in [0.29, 0.717) is 11.3 Å². The Morgan fingerprint density at radius 2 is 1.85 bits per heavy atom. The molecule has 0 spiro atoms. The summed E-state index contributed by atoms with van der Waals surface area (Å²) < 4.78 is 25.3. The number of halogens is 2. The zero-order valence-electron chi connectivity index (χ0n) is 7.32. The average molecular weight is 185 g/mol. The van der Waals surface area contributed by atoms with Gasteiger partial charge in [-0.15, -0.1) is 0 Å². The van der Waals surface area contributed by atoms with E-state index in [1.165, 1.54) is 6.92 Å². The van der Waals surface area contributed by atoms with E-state index < -0.39 is 11.6 Å². The first-order valence-corrected chi connectivity index (χ1v) is 3.74. The summed E-state index contributed by atoms with van der Waals surface area (Å²) in [5, 5.41) is 2.40. The van der Waals surface area contributed by atoms with Crippen molar-refractivity contribution < 1.29 is 13.6 Å². The summed E-state index contributed by atoms with van der Waals surface area (Å²) in [6.45, 7) is 2.90. The fraction of sp³-hybridized carbons (Fsp3) is 0.222. The number of aryl methyl sites for hydroxylation is 1. The van der Waals surface area contributed by atoms with E-state index >= 15 is 0 Å². The minimum absolute atomic E-state index is 0.298. The number of rotatable bonds is 1. The van der Waals surface area contributed by atoms with Crippen LogP contribution in [0.15, 0.2) is 12.1 Å². The fourth-order valence-electron chi connectivity index (χ4n) is 0.971. The van der Waals surface area contributed by atoms with Gasteiger partial charge in [-0.2, -0.15) is 0 Å². The van der Waals surface area contributed by atoms with Crippen molar-refractivity contribution in [3.63, 3.8) is 0 Å². The van der Waals surface area contributed by atoms with Gasteiger partial charge in [-0.05, 0) is 18.6 Å². The molecule has 2 nitrogen and oxygen atoms in total. The molecule has 0 saturated carbocycles. The lowest BCUT2D eigenvalue weighted by Crippen LogP contribution is -2.07. The van der Waals surface area contributed by atoms with Crippen LogP contribution in [0.4, 0.5) is 14.5 Å². The Morgan fingerprint density at radius 1 is 1.31 bits per heavy atom. The van der Waals surface area contributed by atoms with Gasteiger partial charge in [0.25, 0.3) is 0 Å². The van der Waals surface area contributed by atoms with Gasteiger partial charge in [0.1, 0.15) is 0 Å².